The second kappa shape index (κ2) is 12.1. The van der Waals surface area contributed by atoms with Crippen molar-refractivity contribution in [3.8, 4) is 5.75 Å². The Morgan fingerprint density at radius 2 is 1.76 bits per heavy atom. The minimum Gasteiger partial charge on any atom is -0.466 e. The van der Waals surface area contributed by atoms with Crippen LogP contribution in [0.4, 0.5) is 5.69 Å². The van der Waals surface area contributed by atoms with Gasteiger partial charge in [-0.05, 0) is 38.0 Å². The molecule has 0 saturated carbocycles. The molecular weight excluding hydrogens is 400 g/mol. The normalized spacial score (nSPS) is 12.0. The van der Waals surface area contributed by atoms with Gasteiger partial charge in [-0.3, -0.25) is 4.79 Å². The topological polar surface area (TPSA) is 126 Å². The van der Waals surface area contributed by atoms with Crippen molar-refractivity contribution in [1.82, 2.24) is 0 Å². The summed E-state index contributed by atoms with van der Waals surface area (Å²) in [6.45, 7) is 8.92. The van der Waals surface area contributed by atoms with Crippen molar-refractivity contribution in [1.29, 1.82) is 0 Å². The number of nitrogens with two attached hydrogens (primary N) is 1. The average molecular weight is 433 g/mol. The van der Waals surface area contributed by atoms with E-state index in [4.69, 9.17) is 24.1 Å². The van der Waals surface area contributed by atoms with Crippen LogP contribution in [-0.2, 0) is 29.0 Å². The van der Waals surface area contributed by atoms with Gasteiger partial charge >= 0.3 is 0 Å². The molecule has 1 rings (SSSR count). The molecule has 0 aromatic heterocycles. The number of hydrogen-bond acceptors (Lipinski definition) is 7. The van der Waals surface area contributed by atoms with Gasteiger partial charge in [0.05, 0.1) is 13.2 Å². The Labute approximate surface area is 172 Å². The highest BCUT2D eigenvalue weighted by Gasteiger charge is 2.26. The molecule has 0 bridgehead atoms. The summed E-state index contributed by atoms with van der Waals surface area (Å²) in [5, 5.41) is 8.00. The van der Waals surface area contributed by atoms with E-state index in [9.17, 15) is 13.2 Å². The first-order chi connectivity index (χ1) is 13.6. The second-order valence-corrected chi connectivity index (χ2v) is 8.47. The Bertz CT molecular complexity index is 751. The van der Waals surface area contributed by atoms with Gasteiger partial charge < -0.3 is 24.3 Å². The third kappa shape index (κ3) is 9.09. The third-order valence-corrected chi connectivity index (χ3v) is 5.18. The van der Waals surface area contributed by atoms with E-state index in [1.54, 1.807) is 19.9 Å². The SMILES string of the molecule is CCOCOCCCOCOc1ccc(NC(=O)C(C)(C)CC)cc1S(N)(=O)=O. The summed E-state index contributed by atoms with van der Waals surface area (Å²) in [5.41, 5.74) is -0.266. The van der Waals surface area contributed by atoms with Crippen LogP contribution in [0.15, 0.2) is 23.1 Å². The monoisotopic (exact) mass is 432 g/mol. The van der Waals surface area contributed by atoms with Crippen molar-refractivity contribution in [2.24, 2.45) is 10.6 Å². The number of hydrogen-bond donors (Lipinski definition) is 2. The molecule has 0 saturated heterocycles. The van der Waals surface area contributed by atoms with E-state index in [0.29, 0.717) is 38.3 Å². The van der Waals surface area contributed by atoms with Gasteiger partial charge in [-0.1, -0.05) is 20.8 Å². The summed E-state index contributed by atoms with van der Waals surface area (Å²) < 4.78 is 44.8. The molecule has 0 heterocycles. The van der Waals surface area contributed by atoms with Gasteiger partial charge in [0.2, 0.25) is 15.9 Å². The second-order valence-electron chi connectivity index (χ2n) is 6.94. The number of carbonyl (C=O) groups is 1. The Kier molecular flexibility index (Phi) is 10.5. The van der Waals surface area contributed by atoms with Crippen LogP contribution >= 0.6 is 0 Å². The highest BCUT2D eigenvalue weighted by atomic mass is 32.2. The van der Waals surface area contributed by atoms with Gasteiger partial charge in [-0.2, -0.15) is 0 Å². The molecule has 9 nitrogen and oxygen atoms in total. The quantitative estimate of drug-likeness (QED) is 0.341. The predicted molar refractivity (Wildman–Crippen MR) is 109 cm³/mol. The number of rotatable bonds is 14. The van der Waals surface area contributed by atoms with E-state index in [2.05, 4.69) is 5.32 Å². The zero-order valence-corrected chi connectivity index (χ0v) is 18.3. The van der Waals surface area contributed by atoms with E-state index >= 15 is 0 Å². The van der Waals surface area contributed by atoms with Crippen molar-refractivity contribution < 1.29 is 32.2 Å². The molecule has 0 aliphatic carbocycles. The lowest BCUT2D eigenvalue weighted by atomic mass is 9.89. The fourth-order valence-electron chi connectivity index (χ4n) is 2.02. The zero-order chi connectivity index (χ0) is 21.9. The first-order valence-electron chi connectivity index (χ1n) is 9.46. The Morgan fingerprint density at radius 3 is 2.34 bits per heavy atom. The van der Waals surface area contributed by atoms with Crippen LogP contribution in [0, 0.1) is 5.41 Å². The predicted octanol–water partition coefficient (Wildman–Crippen LogP) is 2.46. The van der Waals surface area contributed by atoms with Gasteiger partial charge in [-0.15, -0.1) is 0 Å². The van der Waals surface area contributed by atoms with Crippen LogP contribution in [0.2, 0.25) is 0 Å². The Balaban J connectivity index is 2.64. The van der Waals surface area contributed by atoms with Crippen LogP contribution in [0.5, 0.6) is 5.75 Å². The summed E-state index contributed by atoms with van der Waals surface area (Å²) >= 11 is 0. The lowest BCUT2D eigenvalue weighted by molar-refractivity contribution is -0.124. The first-order valence-corrected chi connectivity index (χ1v) is 11.0. The number of ether oxygens (including phenoxy) is 4. The van der Waals surface area contributed by atoms with Crippen molar-refractivity contribution in [2.45, 2.75) is 45.4 Å². The van der Waals surface area contributed by atoms with Crippen molar-refractivity contribution >= 4 is 21.6 Å². The number of benzene rings is 1. The summed E-state index contributed by atoms with van der Waals surface area (Å²) in [4.78, 5) is 12.1. The van der Waals surface area contributed by atoms with E-state index < -0.39 is 15.4 Å². The number of amides is 1. The average Bonchev–Trinajstić information content (AvgIpc) is 2.66. The fourth-order valence-corrected chi connectivity index (χ4v) is 2.72. The largest absolute Gasteiger partial charge is 0.466 e. The summed E-state index contributed by atoms with van der Waals surface area (Å²) in [6.07, 6.45) is 1.27. The molecule has 0 radical (unpaired) electrons. The number of nitrogens with one attached hydrogen (secondary N) is 1. The number of primary sulfonamides is 1. The highest BCUT2D eigenvalue weighted by molar-refractivity contribution is 7.89. The Hall–Kier alpha value is -1.72. The minimum absolute atomic E-state index is 0.0489. The Morgan fingerprint density at radius 1 is 1.10 bits per heavy atom. The van der Waals surface area contributed by atoms with Gasteiger partial charge in [-0.25, -0.2) is 13.6 Å². The number of anilines is 1. The molecule has 0 aliphatic heterocycles. The minimum atomic E-state index is -4.06. The summed E-state index contributed by atoms with van der Waals surface area (Å²) in [6, 6.07) is 4.26. The van der Waals surface area contributed by atoms with Gasteiger partial charge in [0.15, 0.2) is 6.79 Å². The maximum atomic E-state index is 12.3. The fraction of sp³-hybridized carbons (Fsp3) is 0.632. The molecule has 0 unspecified atom stereocenters. The highest BCUT2D eigenvalue weighted by Crippen LogP contribution is 2.28. The number of carbonyl (C=O) groups excluding carboxylic acids is 1. The van der Waals surface area contributed by atoms with Crippen LogP contribution in [-0.4, -0.2) is 47.7 Å². The molecule has 10 heteroatoms. The van der Waals surface area contributed by atoms with Crippen molar-refractivity contribution in [3.63, 3.8) is 0 Å². The van der Waals surface area contributed by atoms with Crippen LogP contribution in [0.3, 0.4) is 0 Å². The van der Waals surface area contributed by atoms with Gasteiger partial charge in [0, 0.05) is 17.7 Å². The summed E-state index contributed by atoms with van der Waals surface area (Å²) in [7, 11) is -4.06. The van der Waals surface area contributed by atoms with Crippen molar-refractivity contribution in [2.75, 3.05) is 38.7 Å². The molecular formula is C19H32N2O7S. The van der Waals surface area contributed by atoms with Gasteiger partial charge in [0.25, 0.3) is 0 Å². The summed E-state index contributed by atoms with van der Waals surface area (Å²) in [5.74, 6) is -0.170. The van der Waals surface area contributed by atoms with E-state index in [-0.39, 0.29) is 30.1 Å². The lowest BCUT2D eigenvalue weighted by Crippen LogP contribution is -2.30. The molecule has 1 aromatic carbocycles. The molecule has 1 amide bonds. The molecule has 29 heavy (non-hydrogen) atoms. The molecule has 1 aromatic rings. The number of sulfonamides is 1. The van der Waals surface area contributed by atoms with E-state index in [1.165, 1.54) is 12.1 Å². The molecule has 0 spiro atoms. The molecule has 0 fully saturated rings. The van der Waals surface area contributed by atoms with Crippen LogP contribution in [0.1, 0.15) is 40.5 Å². The maximum Gasteiger partial charge on any atom is 0.241 e. The molecule has 0 atom stereocenters. The first kappa shape index (κ1) is 25.3. The van der Waals surface area contributed by atoms with Crippen LogP contribution < -0.4 is 15.2 Å². The van der Waals surface area contributed by atoms with E-state index in [0.717, 1.165) is 0 Å². The smallest absolute Gasteiger partial charge is 0.241 e. The van der Waals surface area contributed by atoms with Crippen molar-refractivity contribution in [3.05, 3.63) is 18.2 Å². The molecule has 166 valence electrons. The van der Waals surface area contributed by atoms with E-state index in [1.807, 2.05) is 13.8 Å². The maximum absolute atomic E-state index is 12.3. The standard InChI is InChI=1S/C19H32N2O7S/c1-5-19(3,4)18(22)21-15-8-9-16(17(12-15)29(20,23)24)28-14-27-11-7-10-26-13-25-6-2/h8-9,12H,5-7,10-11,13-14H2,1-4H3,(H,21,22)(H2,20,23,24). The molecule has 3 N–H and O–H groups in total. The lowest BCUT2D eigenvalue weighted by Gasteiger charge is -2.22. The van der Waals surface area contributed by atoms with Crippen LogP contribution in [0.25, 0.3) is 0 Å². The third-order valence-electron chi connectivity index (χ3n) is 4.25. The van der Waals surface area contributed by atoms with Gasteiger partial charge in [0.1, 0.15) is 17.4 Å². The molecule has 0 aliphatic rings. The zero-order valence-electron chi connectivity index (χ0n) is 17.5.